The third kappa shape index (κ3) is 3.77. The zero-order valence-electron chi connectivity index (χ0n) is 14.8. The first-order chi connectivity index (χ1) is 11.7. The van der Waals surface area contributed by atoms with E-state index in [0.717, 1.165) is 19.3 Å². The van der Waals surface area contributed by atoms with Crippen molar-refractivity contribution in [3.63, 3.8) is 0 Å². The second-order valence-corrected chi connectivity index (χ2v) is 11.2. The van der Waals surface area contributed by atoms with Crippen LogP contribution in [0.25, 0.3) is 0 Å². The molecular formula is C17H26N2O4S2. The van der Waals surface area contributed by atoms with Crippen LogP contribution >= 0.6 is 0 Å². The second-order valence-electron chi connectivity index (χ2n) is 7.35. The van der Waals surface area contributed by atoms with E-state index in [1.807, 2.05) is 0 Å². The topological polar surface area (TPSA) is 74.8 Å². The second kappa shape index (κ2) is 6.98. The van der Waals surface area contributed by atoms with Gasteiger partial charge in [0.2, 0.25) is 20.0 Å². The Balaban J connectivity index is 1.84. The van der Waals surface area contributed by atoms with E-state index in [0.29, 0.717) is 38.0 Å². The molecule has 0 aliphatic carbocycles. The van der Waals surface area contributed by atoms with E-state index < -0.39 is 20.0 Å². The van der Waals surface area contributed by atoms with Gasteiger partial charge in [-0.3, -0.25) is 0 Å². The molecule has 0 radical (unpaired) electrons. The van der Waals surface area contributed by atoms with Crippen molar-refractivity contribution in [3.05, 3.63) is 24.3 Å². The lowest BCUT2D eigenvalue weighted by atomic mass is 9.94. The highest BCUT2D eigenvalue weighted by Crippen LogP contribution is 2.28. The monoisotopic (exact) mass is 386 g/mol. The number of nitrogens with zero attached hydrogens (tertiary/aromatic N) is 2. The van der Waals surface area contributed by atoms with Crippen LogP contribution in [-0.4, -0.2) is 51.6 Å². The normalized spacial score (nSPS) is 26.8. The molecule has 0 amide bonds. The fraction of sp³-hybridized carbons (Fsp3) is 0.647. The first-order valence-corrected chi connectivity index (χ1v) is 11.7. The number of rotatable bonds is 4. The molecule has 0 saturated carbocycles. The van der Waals surface area contributed by atoms with Crippen LogP contribution in [0, 0.1) is 11.8 Å². The lowest BCUT2D eigenvalue weighted by Gasteiger charge is -2.34. The molecule has 2 aliphatic rings. The Morgan fingerprint density at radius 3 is 1.60 bits per heavy atom. The van der Waals surface area contributed by atoms with Crippen molar-refractivity contribution in [2.45, 2.75) is 42.9 Å². The number of piperidine rings is 1. The van der Waals surface area contributed by atoms with Gasteiger partial charge < -0.3 is 0 Å². The molecule has 140 valence electrons. The molecule has 0 aromatic heterocycles. The summed E-state index contributed by atoms with van der Waals surface area (Å²) in [6, 6.07) is 5.67. The van der Waals surface area contributed by atoms with Crippen LogP contribution in [-0.2, 0) is 20.0 Å². The van der Waals surface area contributed by atoms with E-state index in [9.17, 15) is 16.8 Å². The highest BCUT2D eigenvalue weighted by molar-refractivity contribution is 7.89. The Labute approximate surface area is 150 Å². The molecule has 1 aromatic rings. The quantitative estimate of drug-likeness (QED) is 0.794. The average Bonchev–Trinajstić information content (AvgIpc) is 3.09. The Morgan fingerprint density at radius 1 is 0.760 bits per heavy atom. The molecule has 0 bridgehead atoms. The molecule has 6 nitrogen and oxygen atoms in total. The summed E-state index contributed by atoms with van der Waals surface area (Å²) >= 11 is 0. The number of hydrogen-bond acceptors (Lipinski definition) is 4. The molecule has 2 heterocycles. The van der Waals surface area contributed by atoms with Crippen molar-refractivity contribution in [1.29, 1.82) is 0 Å². The van der Waals surface area contributed by atoms with Crippen LogP contribution in [0.2, 0.25) is 0 Å². The van der Waals surface area contributed by atoms with Gasteiger partial charge in [0.1, 0.15) is 0 Å². The maximum absolute atomic E-state index is 12.9. The van der Waals surface area contributed by atoms with Gasteiger partial charge in [0.05, 0.1) is 9.79 Å². The average molecular weight is 387 g/mol. The van der Waals surface area contributed by atoms with Crippen LogP contribution in [0.5, 0.6) is 0 Å². The van der Waals surface area contributed by atoms with Crippen LogP contribution in [0.3, 0.4) is 0 Å². The van der Waals surface area contributed by atoms with Crippen LogP contribution in [0.4, 0.5) is 0 Å². The van der Waals surface area contributed by atoms with E-state index in [1.54, 1.807) is 0 Å². The summed E-state index contributed by atoms with van der Waals surface area (Å²) in [5.74, 6) is 0.654. The summed E-state index contributed by atoms with van der Waals surface area (Å²) in [6.07, 6.45) is 2.77. The molecule has 0 unspecified atom stereocenters. The van der Waals surface area contributed by atoms with Gasteiger partial charge in [-0.15, -0.1) is 0 Å². The van der Waals surface area contributed by atoms with Gasteiger partial charge in [0.25, 0.3) is 0 Å². The van der Waals surface area contributed by atoms with E-state index in [4.69, 9.17) is 0 Å². The Kier molecular flexibility index (Phi) is 5.26. The highest BCUT2D eigenvalue weighted by atomic mass is 32.2. The molecular weight excluding hydrogens is 360 g/mol. The molecule has 2 fully saturated rings. The van der Waals surface area contributed by atoms with Crippen molar-refractivity contribution in [1.82, 2.24) is 8.61 Å². The fourth-order valence-electron chi connectivity index (χ4n) is 3.81. The highest BCUT2D eigenvalue weighted by Gasteiger charge is 2.32. The molecule has 2 atom stereocenters. The smallest absolute Gasteiger partial charge is 0.207 e. The molecule has 2 saturated heterocycles. The zero-order chi connectivity index (χ0) is 18.2. The molecule has 25 heavy (non-hydrogen) atoms. The molecule has 0 N–H and O–H groups in total. The summed E-state index contributed by atoms with van der Waals surface area (Å²) in [7, 11) is -7.10. The summed E-state index contributed by atoms with van der Waals surface area (Å²) in [5.41, 5.74) is 0. The summed E-state index contributed by atoms with van der Waals surface area (Å²) in [4.78, 5) is 0.322. The summed E-state index contributed by atoms with van der Waals surface area (Å²) in [5, 5.41) is 0. The lowest BCUT2D eigenvalue weighted by molar-refractivity contribution is 0.222. The lowest BCUT2D eigenvalue weighted by Crippen LogP contribution is -2.42. The van der Waals surface area contributed by atoms with Crippen molar-refractivity contribution >= 4 is 20.0 Å². The first-order valence-electron chi connectivity index (χ1n) is 8.81. The standard InChI is InChI=1S/C17H26N2O4S2/c1-14-11-15(2)13-19(12-14)25(22,23)17-7-5-16(6-8-17)24(20,21)18-9-3-4-10-18/h5-8,14-15H,3-4,9-13H2,1-2H3/t14-,15+. The molecule has 2 aliphatic heterocycles. The Hall–Kier alpha value is -0.960. The Bertz CT molecular complexity index is 803. The van der Waals surface area contributed by atoms with Crippen LogP contribution in [0.15, 0.2) is 34.1 Å². The number of benzene rings is 1. The van der Waals surface area contributed by atoms with Crippen molar-refractivity contribution < 1.29 is 16.8 Å². The summed E-state index contributed by atoms with van der Waals surface area (Å²) < 4.78 is 53.8. The van der Waals surface area contributed by atoms with Gasteiger partial charge in [-0.25, -0.2) is 16.8 Å². The molecule has 8 heteroatoms. The minimum Gasteiger partial charge on any atom is -0.207 e. The van der Waals surface area contributed by atoms with Crippen molar-refractivity contribution in [3.8, 4) is 0 Å². The van der Waals surface area contributed by atoms with Crippen molar-refractivity contribution in [2.24, 2.45) is 11.8 Å². The molecule has 1 aromatic carbocycles. The molecule has 0 spiro atoms. The van der Waals surface area contributed by atoms with Crippen molar-refractivity contribution in [2.75, 3.05) is 26.2 Å². The minimum atomic E-state index is -3.58. The first kappa shape index (κ1) is 18.8. The van der Waals surface area contributed by atoms with E-state index in [1.165, 1.54) is 32.9 Å². The predicted octanol–water partition coefficient (Wildman–Crippen LogP) is 2.14. The molecule has 3 rings (SSSR count). The SMILES string of the molecule is C[C@@H]1C[C@H](C)CN(S(=O)(=O)c2ccc(S(=O)(=O)N3CCCC3)cc2)C1. The third-order valence-electron chi connectivity index (χ3n) is 5.00. The van der Waals surface area contributed by atoms with Gasteiger partial charge in [-0.05, 0) is 55.4 Å². The maximum Gasteiger partial charge on any atom is 0.243 e. The predicted molar refractivity (Wildman–Crippen MR) is 96.1 cm³/mol. The van der Waals surface area contributed by atoms with E-state index >= 15 is 0 Å². The van der Waals surface area contributed by atoms with Gasteiger partial charge in [0, 0.05) is 26.2 Å². The fourth-order valence-corrected chi connectivity index (χ4v) is 7.01. The Morgan fingerprint density at radius 2 is 1.16 bits per heavy atom. The number of hydrogen-bond donors (Lipinski definition) is 0. The zero-order valence-corrected chi connectivity index (χ0v) is 16.4. The largest absolute Gasteiger partial charge is 0.243 e. The van der Waals surface area contributed by atoms with Gasteiger partial charge in [-0.1, -0.05) is 13.8 Å². The third-order valence-corrected chi connectivity index (χ3v) is 8.76. The maximum atomic E-state index is 12.9. The van der Waals surface area contributed by atoms with Gasteiger partial charge in [-0.2, -0.15) is 8.61 Å². The van der Waals surface area contributed by atoms with Gasteiger partial charge >= 0.3 is 0 Å². The van der Waals surface area contributed by atoms with E-state index in [2.05, 4.69) is 13.8 Å². The summed E-state index contributed by atoms with van der Waals surface area (Å²) in [6.45, 7) is 6.21. The van der Waals surface area contributed by atoms with E-state index in [-0.39, 0.29) is 9.79 Å². The minimum absolute atomic E-state index is 0.161. The van der Waals surface area contributed by atoms with Crippen LogP contribution in [0.1, 0.15) is 33.1 Å². The van der Waals surface area contributed by atoms with Gasteiger partial charge in [0.15, 0.2) is 0 Å². The number of sulfonamides is 2. The van der Waals surface area contributed by atoms with Crippen LogP contribution < -0.4 is 0 Å².